The smallest absolute Gasteiger partial charge is 0.212 e. The molecule has 4 heteroatoms. The molecule has 2 fully saturated rings. The molecule has 2 aliphatic rings. The van der Waals surface area contributed by atoms with Crippen molar-refractivity contribution in [1.29, 1.82) is 0 Å². The van der Waals surface area contributed by atoms with Gasteiger partial charge in [-0.05, 0) is 33.6 Å². The van der Waals surface area contributed by atoms with Crippen LogP contribution in [0, 0.1) is 0 Å². The standard InChI is InChI=1S/C17H33NO2S/c1-16(2,3)21(19,20)18-15-17(18)13-11-9-7-5-4-6-8-10-12-14-17/h4-15H2,1-3H3. The lowest BCUT2D eigenvalue weighted by molar-refractivity contribution is 0.392. The second-order valence-electron chi connectivity index (χ2n) is 8.03. The first-order valence-corrected chi connectivity index (χ1v) is 10.3. The van der Waals surface area contributed by atoms with Crippen LogP contribution in [-0.2, 0) is 10.0 Å². The summed E-state index contributed by atoms with van der Waals surface area (Å²) in [6.07, 6.45) is 13.8. The maximum Gasteiger partial charge on any atom is 0.219 e. The van der Waals surface area contributed by atoms with Crippen molar-refractivity contribution in [3.05, 3.63) is 0 Å². The largest absolute Gasteiger partial charge is 0.219 e. The molecule has 1 saturated heterocycles. The first-order chi connectivity index (χ1) is 9.80. The fraction of sp³-hybridized carbons (Fsp3) is 1.00. The third-order valence-corrected chi connectivity index (χ3v) is 7.86. The Balaban J connectivity index is 2.02. The first-order valence-electron chi connectivity index (χ1n) is 8.82. The van der Waals surface area contributed by atoms with Gasteiger partial charge in [-0.1, -0.05) is 57.8 Å². The van der Waals surface area contributed by atoms with Gasteiger partial charge in [-0.3, -0.25) is 0 Å². The lowest BCUT2D eigenvalue weighted by Gasteiger charge is -2.25. The van der Waals surface area contributed by atoms with Crippen molar-refractivity contribution in [3.8, 4) is 0 Å². The number of rotatable bonds is 1. The molecule has 0 bridgehead atoms. The summed E-state index contributed by atoms with van der Waals surface area (Å²) in [4.78, 5) is 0. The van der Waals surface area contributed by atoms with Crippen LogP contribution in [0.5, 0.6) is 0 Å². The molecular weight excluding hydrogens is 282 g/mol. The molecule has 124 valence electrons. The molecule has 1 aliphatic carbocycles. The average molecular weight is 316 g/mol. The molecule has 1 unspecified atom stereocenters. The molecule has 0 N–H and O–H groups in total. The Hall–Kier alpha value is -0.0900. The maximum absolute atomic E-state index is 12.7. The van der Waals surface area contributed by atoms with Crippen LogP contribution in [-0.4, -0.2) is 29.6 Å². The minimum atomic E-state index is -3.14. The normalized spacial score (nSPS) is 28.6. The summed E-state index contributed by atoms with van der Waals surface area (Å²) in [6.45, 7) is 6.24. The van der Waals surface area contributed by atoms with Gasteiger partial charge < -0.3 is 0 Å². The quantitative estimate of drug-likeness (QED) is 0.669. The topological polar surface area (TPSA) is 37.1 Å². The Morgan fingerprint density at radius 2 is 1.14 bits per heavy atom. The van der Waals surface area contributed by atoms with Crippen LogP contribution < -0.4 is 0 Å². The predicted molar refractivity (Wildman–Crippen MR) is 88.9 cm³/mol. The Labute approximate surface area is 131 Å². The highest BCUT2D eigenvalue weighted by atomic mass is 32.2. The summed E-state index contributed by atoms with van der Waals surface area (Å²) in [5.74, 6) is 0. The van der Waals surface area contributed by atoms with Gasteiger partial charge in [0.2, 0.25) is 10.0 Å². The number of nitrogens with zero attached hydrogens (tertiary/aromatic N) is 1. The maximum atomic E-state index is 12.7. The third kappa shape index (κ3) is 4.01. The van der Waals surface area contributed by atoms with E-state index in [1.165, 1.54) is 57.8 Å². The van der Waals surface area contributed by atoms with E-state index >= 15 is 0 Å². The van der Waals surface area contributed by atoms with E-state index in [9.17, 15) is 8.42 Å². The average Bonchev–Trinajstić information content (AvgIpc) is 3.08. The summed E-state index contributed by atoms with van der Waals surface area (Å²) >= 11 is 0. The fourth-order valence-electron chi connectivity index (χ4n) is 3.58. The monoisotopic (exact) mass is 315 g/mol. The van der Waals surface area contributed by atoms with E-state index in [-0.39, 0.29) is 5.54 Å². The molecule has 2 rings (SSSR count). The van der Waals surface area contributed by atoms with E-state index in [4.69, 9.17) is 0 Å². The fourth-order valence-corrected chi connectivity index (χ4v) is 5.34. The second kappa shape index (κ2) is 6.57. The van der Waals surface area contributed by atoms with Crippen LogP contribution in [0.25, 0.3) is 0 Å². The van der Waals surface area contributed by atoms with E-state index in [1.807, 2.05) is 25.1 Å². The van der Waals surface area contributed by atoms with Crippen LogP contribution in [0.15, 0.2) is 0 Å². The number of hydrogen-bond donors (Lipinski definition) is 0. The number of sulfonamides is 1. The molecule has 0 radical (unpaired) electrons. The summed E-state index contributed by atoms with van der Waals surface area (Å²) < 4.78 is 26.5. The molecule has 1 aliphatic heterocycles. The van der Waals surface area contributed by atoms with Crippen LogP contribution in [0.4, 0.5) is 0 Å². The van der Waals surface area contributed by atoms with E-state index in [1.54, 1.807) is 0 Å². The van der Waals surface area contributed by atoms with E-state index in [2.05, 4.69) is 0 Å². The molecule has 1 spiro atoms. The molecular formula is C17H33NO2S. The summed E-state index contributed by atoms with van der Waals surface area (Å²) in [7, 11) is -3.14. The predicted octanol–water partition coefficient (Wildman–Crippen LogP) is 4.47. The summed E-state index contributed by atoms with van der Waals surface area (Å²) in [6, 6.07) is 0. The van der Waals surface area contributed by atoms with Gasteiger partial charge in [-0.25, -0.2) is 8.42 Å². The zero-order valence-corrected chi connectivity index (χ0v) is 15.0. The van der Waals surface area contributed by atoms with E-state index in [0.29, 0.717) is 0 Å². The van der Waals surface area contributed by atoms with Gasteiger partial charge in [0.25, 0.3) is 0 Å². The zero-order valence-electron chi connectivity index (χ0n) is 14.2. The Morgan fingerprint density at radius 3 is 1.52 bits per heavy atom. The van der Waals surface area contributed by atoms with Gasteiger partial charge >= 0.3 is 0 Å². The van der Waals surface area contributed by atoms with Gasteiger partial charge in [0.1, 0.15) is 0 Å². The van der Waals surface area contributed by atoms with Crippen LogP contribution >= 0.6 is 0 Å². The van der Waals surface area contributed by atoms with Crippen LogP contribution in [0.2, 0.25) is 0 Å². The third-order valence-electron chi connectivity index (χ3n) is 5.21. The van der Waals surface area contributed by atoms with Crippen LogP contribution in [0.3, 0.4) is 0 Å². The number of hydrogen-bond acceptors (Lipinski definition) is 2. The van der Waals surface area contributed by atoms with Crippen molar-refractivity contribution in [2.45, 2.75) is 102 Å². The first kappa shape index (κ1) is 17.3. The minimum absolute atomic E-state index is 0.0225. The van der Waals surface area contributed by atoms with Crippen molar-refractivity contribution in [1.82, 2.24) is 4.31 Å². The molecule has 1 heterocycles. The Morgan fingerprint density at radius 1 is 0.762 bits per heavy atom. The highest BCUT2D eigenvalue weighted by molar-refractivity contribution is 7.90. The molecule has 3 nitrogen and oxygen atoms in total. The van der Waals surface area contributed by atoms with Crippen molar-refractivity contribution < 1.29 is 8.42 Å². The van der Waals surface area contributed by atoms with Crippen LogP contribution in [0.1, 0.15) is 91.4 Å². The lowest BCUT2D eigenvalue weighted by atomic mass is 9.93. The van der Waals surface area contributed by atoms with Gasteiger partial charge in [-0.15, -0.1) is 0 Å². The molecule has 21 heavy (non-hydrogen) atoms. The summed E-state index contributed by atoms with van der Waals surface area (Å²) in [5.41, 5.74) is -0.0225. The second-order valence-corrected chi connectivity index (χ2v) is 10.6. The molecule has 0 aromatic carbocycles. The van der Waals surface area contributed by atoms with Crippen molar-refractivity contribution in [2.24, 2.45) is 0 Å². The van der Waals surface area contributed by atoms with Gasteiger partial charge in [0.05, 0.1) is 4.75 Å². The molecule has 1 saturated carbocycles. The minimum Gasteiger partial charge on any atom is -0.212 e. The SMILES string of the molecule is CC(C)(C)S(=O)(=O)N1CC12CCCCCCCCCCC2. The van der Waals surface area contributed by atoms with Crippen molar-refractivity contribution >= 4 is 10.0 Å². The van der Waals surface area contributed by atoms with Gasteiger partial charge in [0.15, 0.2) is 0 Å². The lowest BCUT2D eigenvalue weighted by Crippen LogP contribution is -2.37. The molecule has 0 aromatic rings. The van der Waals surface area contributed by atoms with E-state index < -0.39 is 14.8 Å². The van der Waals surface area contributed by atoms with Gasteiger partial charge in [0, 0.05) is 12.1 Å². The molecule has 1 atom stereocenters. The van der Waals surface area contributed by atoms with E-state index in [0.717, 1.165) is 19.4 Å². The molecule has 0 aromatic heterocycles. The highest BCUT2D eigenvalue weighted by Crippen LogP contribution is 2.47. The van der Waals surface area contributed by atoms with Crippen molar-refractivity contribution in [2.75, 3.05) is 6.54 Å². The zero-order chi connectivity index (χ0) is 15.6. The summed E-state index contributed by atoms with van der Waals surface area (Å²) in [5, 5.41) is 0. The van der Waals surface area contributed by atoms with Crippen molar-refractivity contribution in [3.63, 3.8) is 0 Å². The Kier molecular flexibility index (Phi) is 5.40. The Bertz CT molecular complexity index is 424. The van der Waals surface area contributed by atoms with Gasteiger partial charge in [-0.2, -0.15) is 4.31 Å². The molecule has 0 amide bonds. The highest BCUT2D eigenvalue weighted by Gasteiger charge is 2.59.